The second-order valence-corrected chi connectivity index (χ2v) is 6.25. The van der Waals surface area contributed by atoms with Crippen molar-refractivity contribution in [3.05, 3.63) is 18.0 Å². The van der Waals surface area contributed by atoms with Crippen molar-refractivity contribution in [3.63, 3.8) is 0 Å². The zero-order chi connectivity index (χ0) is 17.6. The molecule has 136 valence electrons. The molecule has 1 atom stereocenters. The number of hydrogen-bond acceptors (Lipinski definition) is 5. The third kappa shape index (κ3) is 4.67. The van der Waals surface area contributed by atoms with Crippen LogP contribution in [0.3, 0.4) is 0 Å². The summed E-state index contributed by atoms with van der Waals surface area (Å²) in [6.45, 7) is 4.57. The molecule has 0 unspecified atom stereocenters. The molecule has 2 aromatic heterocycles. The van der Waals surface area contributed by atoms with Crippen molar-refractivity contribution in [2.45, 2.75) is 32.3 Å². The average molecular weight is 347 g/mol. The Morgan fingerprint density at radius 1 is 1.52 bits per heavy atom. The number of amides is 2. The van der Waals surface area contributed by atoms with Gasteiger partial charge in [0.25, 0.3) is 0 Å². The fourth-order valence-corrected chi connectivity index (χ4v) is 2.92. The number of aryl methyl sites for hydroxylation is 2. The maximum absolute atomic E-state index is 11.9. The molecule has 8 heteroatoms. The maximum Gasteiger partial charge on any atom is 0.319 e. The van der Waals surface area contributed by atoms with E-state index in [9.17, 15) is 4.79 Å². The molecule has 0 aromatic carbocycles. The normalized spacial score (nSPS) is 17.1. The maximum atomic E-state index is 11.9. The van der Waals surface area contributed by atoms with E-state index in [0.29, 0.717) is 25.4 Å². The number of rotatable bonds is 7. The summed E-state index contributed by atoms with van der Waals surface area (Å²) in [5, 5.41) is 10.9. The first-order valence-corrected chi connectivity index (χ1v) is 8.67. The van der Waals surface area contributed by atoms with E-state index in [1.807, 2.05) is 20.0 Å². The van der Waals surface area contributed by atoms with Crippen molar-refractivity contribution in [3.8, 4) is 0 Å². The lowest BCUT2D eigenvalue weighted by Crippen LogP contribution is -2.30. The smallest absolute Gasteiger partial charge is 0.319 e. The van der Waals surface area contributed by atoms with Gasteiger partial charge in [-0.3, -0.25) is 4.68 Å². The van der Waals surface area contributed by atoms with Gasteiger partial charge >= 0.3 is 6.03 Å². The van der Waals surface area contributed by atoms with Crippen LogP contribution < -0.4 is 10.6 Å². The Morgan fingerprint density at radius 2 is 2.40 bits per heavy atom. The largest absolute Gasteiger partial charge is 0.379 e. The SMILES string of the molecule is Cc1nn(C)c2ncc(NC(=O)NCCCOC[C@@H]3CCCO3)cc12. The molecular formula is C17H25N5O3. The zero-order valence-corrected chi connectivity index (χ0v) is 14.7. The van der Waals surface area contributed by atoms with Crippen LogP contribution in [0.5, 0.6) is 0 Å². The number of carbonyl (C=O) groups excluding carboxylic acids is 1. The fourth-order valence-electron chi connectivity index (χ4n) is 2.92. The van der Waals surface area contributed by atoms with Gasteiger partial charge in [0.05, 0.1) is 30.3 Å². The molecule has 0 bridgehead atoms. The number of aromatic nitrogens is 3. The van der Waals surface area contributed by atoms with Crippen LogP contribution in [0.1, 0.15) is 25.0 Å². The van der Waals surface area contributed by atoms with Gasteiger partial charge in [-0.25, -0.2) is 9.78 Å². The Balaban J connectivity index is 1.36. The Kier molecular flexibility index (Phi) is 5.83. The number of nitrogens with one attached hydrogen (secondary N) is 2. The van der Waals surface area contributed by atoms with E-state index in [-0.39, 0.29) is 12.1 Å². The Hall–Kier alpha value is -2.19. The molecule has 0 aliphatic carbocycles. The molecule has 8 nitrogen and oxygen atoms in total. The molecule has 1 fully saturated rings. The molecule has 2 N–H and O–H groups in total. The van der Waals surface area contributed by atoms with Crippen molar-refractivity contribution in [1.29, 1.82) is 0 Å². The first kappa shape index (κ1) is 17.6. The number of fused-ring (bicyclic) bond motifs is 1. The molecule has 0 spiro atoms. The van der Waals surface area contributed by atoms with E-state index in [0.717, 1.165) is 42.6 Å². The van der Waals surface area contributed by atoms with E-state index in [1.54, 1.807) is 10.9 Å². The number of ether oxygens (including phenoxy) is 2. The summed E-state index contributed by atoms with van der Waals surface area (Å²) in [4.78, 5) is 16.3. The molecule has 3 heterocycles. The molecule has 1 saturated heterocycles. The summed E-state index contributed by atoms with van der Waals surface area (Å²) in [6.07, 6.45) is 4.84. The van der Waals surface area contributed by atoms with Gasteiger partial charge < -0.3 is 20.1 Å². The minimum atomic E-state index is -0.248. The van der Waals surface area contributed by atoms with Crippen LogP contribution in [0, 0.1) is 6.92 Å². The van der Waals surface area contributed by atoms with Crippen LogP contribution in [0.15, 0.2) is 12.3 Å². The summed E-state index contributed by atoms with van der Waals surface area (Å²) in [7, 11) is 1.85. The fraction of sp³-hybridized carbons (Fsp3) is 0.588. The lowest BCUT2D eigenvalue weighted by atomic mass is 10.2. The van der Waals surface area contributed by atoms with Crippen molar-refractivity contribution in [2.75, 3.05) is 31.7 Å². The molecule has 2 amide bonds. The van der Waals surface area contributed by atoms with Gasteiger partial charge in [0.1, 0.15) is 0 Å². The highest BCUT2D eigenvalue weighted by atomic mass is 16.5. The molecule has 3 rings (SSSR count). The quantitative estimate of drug-likeness (QED) is 0.748. The van der Waals surface area contributed by atoms with Gasteiger partial charge in [-0.15, -0.1) is 0 Å². The highest BCUT2D eigenvalue weighted by molar-refractivity contribution is 5.91. The summed E-state index contributed by atoms with van der Waals surface area (Å²) >= 11 is 0. The van der Waals surface area contributed by atoms with Crippen LogP contribution in [-0.4, -0.2) is 53.3 Å². The van der Waals surface area contributed by atoms with Gasteiger partial charge in [0.15, 0.2) is 5.65 Å². The van der Waals surface area contributed by atoms with Crippen molar-refractivity contribution >= 4 is 22.8 Å². The number of carbonyl (C=O) groups is 1. The predicted octanol–water partition coefficient (Wildman–Crippen LogP) is 1.98. The topological polar surface area (TPSA) is 90.3 Å². The number of nitrogens with zero attached hydrogens (tertiary/aromatic N) is 3. The molecule has 1 aliphatic heterocycles. The number of anilines is 1. The first-order chi connectivity index (χ1) is 12.1. The van der Waals surface area contributed by atoms with E-state index >= 15 is 0 Å². The van der Waals surface area contributed by atoms with Gasteiger partial charge in [-0.2, -0.15) is 5.10 Å². The lowest BCUT2D eigenvalue weighted by molar-refractivity contribution is 0.0168. The Morgan fingerprint density at radius 3 is 3.20 bits per heavy atom. The van der Waals surface area contributed by atoms with Crippen LogP contribution in [0.4, 0.5) is 10.5 Å². The number of pyridine rings is 1. The third-order valence-corrected chi connectivity index (χ3v) is 4.20. The van der Waals surface area contributed by atoms with E-state index in [1.165, 1.54) is 0 Å². The Labute approximate surface area is 146 Å². The van der Waals surface area contributed by atoms with Gasteiger partial charge in [-0.1, -0.05) is 0 Å². The highest BCUT2D eigenvalue weighted by Gasteiger charge is 2.15. The molecule has 1 aliphatic rings. The van der Waals surface area contributed by atoms with Gasteiger partial charge in [0.2, 0.25) is 0 Å². The average Bonchev–Trinajstić information content (AvgIpc) is 3.20. The molecular weight excluding hydrogens is 322 g/mol. The van der Waals surface area contributed by atoms with E-state index in [4.69, 9.17) is 9.47 Å². The van der Waals surface area contributed by atoms with Crippen LogP contribution in [0.2, 0.25) is 0 Å². The minimum Gasteiger partial charge on any atom is -0.379 e. The summed E-state index contributed by atoms with van der Waals surface area (Å²) in [5.41, 5.74) is 2.33. The van der Waals surface area contributed by atoms with Crippen LogP contribution in [0.25, 0.3) is 11.0 Å². The number of hydrogen-bond donors (Lipinski definition) is 2. The zero-order valence-electron chi connectivity index (χ0n) is 14.7. The second kappa shape index (κ2) is 8.26. The monoisotopic (exact) mass is 347 g/mol. The van der Waals surface area contributed by atoms with E-state index < -0.39 is 0 Å². The van der Waals surface area contributed by atoms with Crippen LogP contribution in [-0.2, 0) is 16.5 Å². The summed E-state index contributed by atoms with van der Waals surface area (Å²) in [6, 6.07) is 1.64. The lowest BCUT2D eigenvalue weighted by Gasteiger charge is -2.10. The summed E-state index contributed by atoms with van der Waals surface area (Å²) in [5.74, 6) is 0. The van der Waals surface area contributed by atoms with Crippen molar-refractivity contribution in [1.82, 2.24) is 20.1 Å². The van der Waals surface area contributed by atoms with Gasteiger partial charge in [-0.05, 0) is 32.3 Å². The second-order valence-electron chi connectivity index (χ2n) is 6.25. The standard InChI is InChI=1S/C17H25N5O3/c1-12-15-9-13(10-19-16(15)22(2)21-12)20-17(23)18-6-4-7-24-11-14-5-3-8-25-14/h9-10,14H,3-8,11H2,1-2H3,(H2,18,20,23)/t14-/m0/s1. The van der Waals surface area contributed by atoms with Crippen molar-refractivity contribution < 1.29 is 14.3 Å². The van der Waals surface area contributed by atoms with Crippen LogP contribution >= 0.6 is 0 Å². The van der Waals surface area contributed by atoms with Gasteiger partial charge in [0, 0.05) is 32.2 Å². The minimum absolute atomic E-state index is 0.245. The molecule has 2 aromatic rings. The van der Waals surface area contributed by atoms with Crippen molar-refractivity contribution in [2.24, 2.45) is 7.05 Å². The molecule has 0 radical (unpaired) electrons. The Bertz CT molecular complexity index is 724. The summed E-state index contributed by atoms with van der Waals surface area (Å²) < 4.78 is 12.8. The molecule has 0 saturated carbocycles. The highest BCUT2D eigenvalue weighted by Crippen LogP contribution is 2.19. The van der Waals surface area contributed by atoms with E-state index in [2.05, 4.69) is 20.7 Å². The molecule has 25 heavy (non-hydrogen) atoms. The third-order valence-electron chi connectivity index (χ3n) is 4.20. The predicted molar refractivity (Wildman–Crippen MR) is 94.7 cm³/mol. The first-order valence-electron chi connectivity index (χ1n) is 8.67. The number of urea groups is 1.